The fraction of sp³-hybridized carbons (Fsp3) is 0.312. The third-order valence-corrected chi connectivity index (χ3v) is 4.75. The Bertz CT molecular complexity index is 693. The normalized spacial score (nSPS) is 11.4. The molecule has 0 atom stereocenters. The van der Waals surface area contributed by atoms with Gasteiger partial charge in [0.25, 0.3) is 0 Å². The van der Waals surface area contributed by atoms with Crippen LogP contribution in [0.2, 0.25) is 5.02 Å². The molecular weight excluding hydrogens is 393 g/mol. The van der Waals surface area contributed by atoms with Gasteiger partial charge in [0.05, 0.1) is 22.6 Å². The molecule has 0 spiro atoms. The van der Waals surface area contributed by atoms with Crippen LogP contribution in [0.5, 0.6) is 0 Å². The fourth-order valence-corrected chi connectivity index (χ4v) is 3.24. The van der Waals surface area contributed by atoms with Crippen molar-refractivity contribution in [3.63, 3.8) is 0 Å². The van der Waals surface area contributed by atoms with Gasteiger partial charge in [-0.05, 0) is 54.7 Å². The molecule has 0 unspecified atom stereocenters. The van der Waals surface area contributed by atoms with Gasteiger partial charge in [-0.25, -0.2) is 0 Å². The molecule has 0 saturated heterocycles. The number of thiocarbonyl (C=S) groups is 1. The van der Waals surface area contributed by atoms with Crippen molar-refractivity contribution in [2.24, 2.45) is 0 Å². The second-order valence-electron chi connectivity index (χ2n) is 5.06. The first-order chi connectivity index (χ1) is 11.9. The number of anilines is 1. The predicted octanol–water partition coefficient (Wildman–Crippen LogP) is 5.56. The number of furan rings is 1. The van der Waals surface area contributed by atoms with Gasteiger partial charge < -0.3 is 15.1 Å². The van der Waals surface area contributed by atoms with Crippen LogP contribution in [0.3, 0.4) is 0 Å². The lowest BCUT2D eigenvalue weighted by Crippen LogP contribution is -2.29. The van der Waals surface area contributed by atoms with Gasteiger partial charge in [-0.3, -0.25) is 0 Å². The molecule has 2 aromatic rings. The number of halogens is 4. The van der Waals surface area contributed by atoms with E-state index in [1.165, 1.54) is 12.1 Å². The Morgan fingerprint density at radius 1 is 1.28 bits per heavy atom. The summed E-state index contributed by atoms with van der Waals surface area (Å²) in [6.45, 7) is 0.622. The van der Waals surface area contributed by atoms with Crippen LogP contribution in [0.25, 0.3) is 0 Å². The molecule has 0 aliphatic rings. The maximum absolute atomic E-state index is 12.8. The fourth-order valence-electron chi connectivity index (χ4n) is 1.94. The molecule has 3 nitrogen and oxygen atoms in total. The molecule has 0 amide bonds. The summed E-state index contributed by atoms with van der Waals surface area (Å²) < 4.78 is 43.7. The van der Waals surface area contributed by atoms with E-state index in [1.54, 1.807) is 18.0 Å². The van der Waals surface area contributed by atoms with Crippen molar-refractivity contribution in [1.29, 1.82) is 0 Å². The van der Waals surface area contributed by atoms with Crippen LogP contribution in [0.15, 0.2) is 41.0 Å². The first-order valence-corrected chi connectivity index (χ1v) is 9.32. The summed E-state index contributed by atoms with van der Waals surface area (Å²) in [7, 11) is 0. The SMILES string of the molecule is FC(F)(F)c1cc(NC(=S)NCCCSCc2ccco2)ccc1Cl. The Morgan fingerprint density at radius 2 is 2.08 bits per heavy atom. The molecule has 136 valence electrons. The monoisotopic (exact) mass is 408 g/mol. The largest absolute Gasteiger partial charge is 0.468 e. The molecule has 2 N–H and O–H groups in total. The molecule has 0 saturated carbocycles. The van der Waals surface area contributed by atoms with Crippen LogP contribution in [-0.2, 0) is 11.9 Å². The van der Waals surface area contributed by atoms with Crippen molar-refractivity contribution >= 4 is 46.4 Å². The number of hydrogen-bond acceptors (Lipinski definition) is 3. The van der Waals surface area contributed by atoms with Crippen LogP contribution in [0.1, 0.15) is 17.7 Å². The van der Waals surface area contributed by atoms with E-state index in [0.717, 1.165) is 29.8 Å². The lowest BCUT2D eigenvalue weighted by Gasteiger charge is -2.13. The van der Waals surface area contributed by atoms with Gasteiger partial charge in [0.2, 0.25) is 0 Å². The van der Waals surface area contributed by atoms with Crippen LogP contribution in [0, 0.1) is 0 Å². The lowest BCUT2D eigenvalue weighted by atomic mass is 10.2. The summed E-state index contributed by atoms with van der Waals surface area (Å²) in [4.78, 5) is 0. The Morgan fingerprint density at radius 3 is 2.76 bits per heavy atom. The van der Waals surface area contributed by atoms with Crippen LogP contribution in [0.4, 0.5) is 18.9 Å². The van der Waals surface area contributed by atoms with Crippen molar-refractivity contribution < 1.29 is 17.6 Å². The molecule has 1 aromatic carbocycles. The Labute approximate surface area is 158 Å². The zero-order valence-electron chi connectivity index (χ0n) is 13.0. The predicted molar refractivity (Wildman–Crippen MR) is 100 cm³/mol. The highest BCUT2D eigenvalue weighted by Crippen LogP contribution is 2.36. The van der Waals surface area contributed by atoms with Gasteiger partial charge >= 0.3 is 6.18 Å². The molecule has 1 aromatic heterocycles. The lowest BCUT2D eigenvalue weighted by molar-refractivity contribution is -0.137. The summed E-state index contributed by atoms with van der Waals surface area (Å²) in [6.07, 6.45) is -2.00. The minimum Gasteiger partial charge on any atom is -0.468 e. The number of nitrogens with one attached hydrogen (secondary N) is 2. The van der Waals surface area contributed by atoms with Gasteiger partial charge in [-0.2, -0.15) is 24.9 Å². The van der Waals surface area contributed by atoms with Crippen molar-refractivity contribution in [3.8, 4) is 0 Å². The molecule has 0 fully saturated rings. The highest BCUT2D eigenvalue weighted by Gasteiger charge is 2.33. The van der Waals surface area contributed by atoms with Crippen molar-refractivity contribution in [2.45, 2.75) is 18.3 Å². The minimum atomic E-state index is -4.50. The van der Waals surface area contributed by atoms with E-state index in [2.05, 4.69) is 10.6 Å². The van der Waals surface area contributed by atoms with E-state index in [0.29, 0.717) is 6.54 Å². The Balaban J connectivity index is 1.70. The van der Waals surface area contributed by atoms with Crippen molar-refractivity contribution in [2.75, 3.05) is 17.6 Å². The van der Waals surface area contributed by atoms with E-state index < -0.39 is 11.7 Å². The highest BCUT2D eigenvalue weighted by atomic mass is 35.5. The smallest absolute Gasteiger partial charge is 0.417 e. The zero-order chi connectivity index (χ0) is 18.3. The average molecular weight is 409 g/mol. The van der Waals surface area contributed by atoms with Gasteiger partial charge in [0, 0.05) is 12.2 Å². The average Bonchev–Trinajstić information content (AvgIpc) is 3.05. The summed E-state index contributed by atoms with van der Waals surface area (Å²) in [5.41, 5.74) is -0.655. The van der Waals surface area contributed by atoms with Gasteiger partial charge in [-0.1, -0.05) is 11.6 Å². The third kappa shape index (κ3) is 6.80. The maximum Gasteiger partial charge on any atom is 0.417 e. The number of alkyl halides is 3. The molecule has 9 heteroatoms. The second kappa shape index (κ2) is 9.35. The first kappa shape index (κ1) is 19.9. The van der Waals surface area contributed by atoms with E-state index in [9.17, 15) is 13.2 Å². The van der Waals surface area contributed by atoms with E-state index in [-0.39, 0.29) is 15.8 Å². The topological polar surface area (TPSA) is 37.2 Å². The molecule has 1 heterocycles. The Kier molecular flexibility index (Phi) is 7.46. The zero-order valence-corrected chi connectivity index (χ0v) is 15.4. The number of rotatable bonds is 7. The van der Waals surface area contributed by atoms with Gasteiger partial charge in [0.1, 0.15) is 5.76 Å². The second-order valence-corrected chi connectivity index (χ2v) is 6.98. The summed E-state index contributed by atoms with van der Waals surface area (Å²) >= 11 is 12.4. The van der Waals surface area contributed by atoms with E-state index in [1.807, 2.05) is 12.1 Å². The standard InChI is InChI=1S/C16H16ClF3N2OS2/c17-14-5-4-11(9-13(14)16(18,19)20)22-15(24)21-6-2-8-25-10-12-3-1-7-23-12/h1,3-5,7,9H,2,6,8,10H2,(H2,21,22,24). The maximum atomic E-state index is 12.8. The summed E-state index contributed by atoms with van der Waals surface area (Å²) in [5, 5.41) is 5.63. The Hall–Kier alpha value is -1.38. The van der Waals surface area contributed by atoms with Crippen LogP contribution >= 0.6 is 35.6 Å². The van der Waals surface area contributed by atoms with Crippen molar-refractivity contribution in [3.05, 3.63) is 52.9 Å². The third-order valence-electron chi connectivity index (χ3n) is 3.11. The number of benzene rings is 1. The quantitative estimate of drug-likeness (QED) is 0.463. The minimum absolute atomic E-state index is 0.237. The highest BCUT2D eigenvalue weighted by molar-refractivity contribution is 7.98. The molecular formula is C16H16ClF3N2OS2. The molecule has 0 radical (unpaired) electrons. The first-order valence-electron chi connectivity index (χ1n) is 7.38. The number of hydrogen-bond donors (Lipinski definition) is 2. The van der Waals surface area contributed by atoms with Gasteiger partial charge in [0.15, 0.2) is 5.11 Å². The molecule has 25 heavy (non-hydrogen) atoms. The number of thioether (sulfide) groups is 1. The van der Waals surface area contributed by atoms with Gasteiger partial charge in [-0.15, -0.1) is 0 Å². The molecule has 0 aliphatic heterocycles. The molecule has 0 aliphatic carbocycles. The van der Waals surface area contributed by atoms with Crippen molar-refractivity contribution in [1.82, 2.24) is 5.32 Å². The summed E-state index contributed by atoms with van der Waals surface area (Å²) in [6, 6.07) is 7.36. The molecule has 0 bridgehead atoms. The van der Waals surface area contributed by atoms with E-state index in [4.69, 9.17) is 28.2 Å². The molecule has 2 rings (SSSR count). The van der Waals surface area contributed by atoms with Crippen LogP contribution in [-0.4, -0.2) is 17.4 Å². The summed E-state index contributed by atoms with van der Waals surface area (Å²) in [5.74, 6) is 2.65. The van der Waals surface area contributed by atoms with E-state index >= 15 is 0 Å². The van der Waals surface area contributed by atoms with Crippen LogP contribution < -0.4 is 10.6 Å².